The van der Waals surface area contributed by atoms with Gasteiger partial charge >= 0.3 is 0 Å². The van der Waals surface area contributed by atoms with Gasteiger partial charge in [-0.1, -0.05) is 48.1 Å². The van der Waals surface area contributed by atoms with Crippen LogP contribution in [0.1, 0.15) is 29.3 Å². The van der Waals surface area contributed by atoms with Crippen molar-refractivity contribution in [1.29, 1.82) is 0 Å². The van der Waals surface area contributed by atoms with Crippen LogP contribution in [0.3, 0.4) is 0 Å². The van der Waals surface area contributed by atoms with Crippen molar-refractivity contribution in [2.24, 2.45) is 0 Å². The molecule has 1 aliphatic rings. The third kappa shape index (κ3) is 3.79. The van der Waals surface area contributed by atoms with Crippen molar-refractivity contribution in [3.8, 4) is 0 Å². The number of hydrogen-bond acceptors (Lipinski definition) is 4. The highest BCUT2D eigenvalue weighted by Gasteiger charge is 2.41. The molecule has 136 valence electrons. The zero-order valence-corrected chi connectivity index (χ0v) is 16.2. The van der Waals surface area contributed by atoms with Gasteiger partial charge in [0.2, 0.25) is 5.91 Å². The molecule has 0 spiro atoms. The molecule has 1 aromatic carbocycles. The van der Waals surface area contributed by atoms with Gasteiger partial charge in [-0.3, -0.25) is 4.79 Å². The number of ether oxygens (including phenoxy) is 1. The molecular formula is C21H24N2O2S. The molecule has 1 N–H and O–H groups in total. The van der Waals surface area contributed by atoms with Gasteiger partial charge in [0, 0.05) is 24.2 Å². The number of nitrogens with zero attached hydrogens (tertiary/aromatic N) is 1. The van der Waals surface area contributed by atoms with Crippen LogP contribution in [0.2, 0.25) is 0 Å². The van der Waals surface area contributed by atoms with Crippen LogP contribution in [-0.2, 0) is 14.9 Å². The SMILES string of the molecule is COCC(C)NC(=O)C1(c2ccns2)C=CC=C(c2ccc(C)cc2)C1. The second-order valence-corrected chi connectivity index (χ2v) is 7.60. The number of methoxy groups -OCH3 is 1. The summed E-state index contributed by atoms with van der Waals surface area (Å²) in [5.74, 6) is -0.0136. The highest BCUT2D eigenvalue weighted by Crippen LogP contribution is 2.41. The van der Waals surface area contributed by atoms with Crippen molar-refractivity contribution in [3.05, 3.63) is 70.8 Å². The summed E-state index contributed by atoms with van der Waals surface area (Å²) in [6.07, 6.45) is 8.44. The lowest BCUT2D eigenvalue weighted by Gasteiger charge is -2.32. The summed E-state index contributed by atoms with van der Waals surface area (Å²) >= 11 is 1.38. The minimum atomic E-state index is -0.738. The van der Waals surface area contributed by atoms with Crippen LogP contribution in [0.4, 0.5) is 0 Å². The first-order valence-corrected chi connectivity index (χ1v) is 9.49. The fourth-order valence-corrected chi connectivity index (χ4v) is 3.99. The molecule has 1 amide bonds. The van der Waals surface area contributed by atoms with E-state index in [0.29, 0.717) is 13.0 Å². The lowest BCUT2D eigenvalue weighted by atomic mass is 9.74. The highest BCUT2D eigenvalue weighted by molar-refractivity contribution is 7.06. The van der Waals surface area contributed by atoms with Crippen LogP contribution in [0.5, 0.6) is 0 Å². The Balaban J connectivity index is 1.93. The number of rotatable bonds is 6. The lowest BCUT2D eigenvalue weighted by Crippen LogP contribution is -2.48. The Morgan fingerprint density at radius 1 is 1.35 bits per heavy atom. The van der Waals surface area contributed by atoms with E-state index in [1.165, 1.54) is 17.1 Å². The topological polar surface area (TPSA) is 51.2 Å². The highest BCUT2D eigenvalue weighted by atomic mass is 32.1. The van der Waals surface area contributed by atoms with Gasteiger partial charge in [0.15, 0.2) is 0 Å². The molecule has 0 aliphatic heterocycles. The Bertz CT molecular complexity index is 809. The predicted molar refractivity (Wildman–Crippen MR) is 106 cm³/mol. The van der Waals surface area contributed by atoms with E-state index >= 15 is 0 Å². The number of carbonyl (C=O) groups excluding carboxylic acids is 1. The van der Waals surface area contributed by atoms with E-state index in [4.69, 9.17) is 4.74 Å². The first kappa shape index (κ1) is 18.5. The zero-order valence-electron chi connectivity index (χ0n) is 15.4. The Labute approximate surface area is 158 Å². The molecule has 3 rings (SSSR count). The molecule has 26 heavy (non-hydrogen) atoms. The minimum Gasteiger partial charge on any atom is -0.383 e. The Kier molecular flexibility index (Phi) is 5.69. The summed E-state index contributed by atoms with van der Waals surface area (Å²) in [7, 11) is 1.64. The third-order valence-electron chi connectivity index (χ3n) is 4.65. The number of aromatic nitrogens is 1. The van der Waals surface area contributed by atoms with E-state index in [1.54, 1.807) is 13.3 Å². The monoisotopic (exact) mass is 368 g/mol. The van der Waals surface area contributed by atoms with Crippen LogP contribution in [0.15, 0.2) is 54.8 Å². The van der Waals surface area contributed by atoms with Crippen molar-refractivity contribution in [2.45, 2.75) is 31.7 Å². The smallest absolute Gasteiger partial charge is 0.236 e. The Hall–Kier alpha value is -2.24. The first-order valence-electron chi connectivity index (χ1n) is 8.71. The second kappa shape index (κ2) is 7.98. The first-order chi connectivity index (χ1) is 12.5. The van der Waals surface area contributed by atoms with Gasteiger partial charge in [-0.2, -0.15) is 0 Å². The molecule has 4 nitrogen and oxygen atoms in total. The molecule has 0 saturated heterocycles. The second-order valence-electron chi connectivity index (χ2n) is 6.77. The molecular weight excluding hydrogens is 344 g/mol. The molecule has 1 aliphatic carbocycles. The van der Waals surface area contributed by atoms with Crippen molar-refractivity contribution in [2.75, 3.05) is 13.7 Å². The number of hydrogen-bond donors (Lipinski definition) is 1. The van der Waals surface area contributed by atoms with E-state index in [-0.39, 0.29) is 11.9 Å². The fraction of sp³-hybridized carbons (Fsp3) is 0.333. The van der Waals surface area contributed by atoms with E-state index in [1.807, 2.05) is 25.1 Å². The minimum absolute atomic E-state index is 0.0136. The van der Waals surface area contributed by atoms with Gasteiger partial charge in [-0.05, 0) is 49.0 Å². The van der Waals surface area contributed by atoms with Crippen LogP contribution in [0.25, 0.3) is 5.57 Å². The van der Waals surface area contributed by atoms with Gasteiger partial charge in [-0.15, -0.1) is 0 Å². The van der Waals surface area contributed by atoms with Gasteiger partial charge in [0.25, 0.3) is 0 Å². The molecule has 1 aromatic heterocycles. The summed E-state index contributed by atoms with van der Waals surface area (Å²) < 4.78 is 9.40. The normalized spacial score (nSPS) is 20.5. The molecule has 0 saturated carbocycles. The van der Waals surface area contributed by atoms with Gasteiger partial charge in [0.1, 0.15) is 5.41 Å². The summed E-state index contributed by atoms with van der Waals surface area (Å²) in [5.41, 5.74) is 2.78. The zero-order chi connectivity index (χ0) is 18.6. The molecule has 0 bridgehead atoms. The number of benzene rings is 1. The van der Waals surface area contributed by atoms with Crippen LogP contribution >= 0.6 is 11.5 Å². The van der Waals surface area contributed by atoms with E-state index in [2.05, 4.69) is 47.0 Å². The van der Waals surface area contributed by atoms with E-state index < -0.39 is 5.41 Å². The van der Waals surface area contributed by atoms with Gasteiger partial charge < -0.3 is 10.1 Å². The van der Waals surface area contributed by atoms with Gasteiger partial charge in [-0.25, -0.2) is 4.37 Å². The van der Waals surface area contributed by atoms with Crippen molar-refractivity contribution >= 4 is 23.0 Å². The molecule has 2 unspecified atom stereocenters. The maximum Gasteiger partial charge on any atom is 0.236 e. The number of amides is 1. The maximum atomic E-state index is 13.3. The molecule has 2 aromatic rings. The molecule has 0 radical (unpaired) electrons. The molecule has 5 heteroatoms. The van der Waals surface area contributed by atoms with Crippen LogP contribution < -0.4 is 5.32 Å². The number of nitrogens with one attached hydrogen (secondary N) is 1. The number of carbonyl (C=O) groups is 1. The third-order valence-corrected chi connectivity index (χ3v) is 5.57. The number of aryl methyl sites for hydroxylation is 1. The molecule has 1 heterocycles. The van der Waals surface area contributed by atoms with Crippen LogP contribution in [-0.4, -0.2) is 30.0 Å². The lowest BCUT2D eigenvalue weighted by molar-refractivity contribution is -0.125. The maximum absolute atomic E-state index is 13.3. The predicted octanol–water partition coefficient (Wildman–Crippen LogP) is 3.88. The fourth-order valence-electron chi connectivity index (χ4n) is 3.24. The molecule has 0 fully saturated rings. The Morgan fingerprint density at radius 3 is 2.77 bits per heavy atom. The average molecular weight is 369 g/mol. The summed E-state index contributed by atoms with van der Waals surface area (Å²) in [6, 6.07) is 10.3. The van der Waals surface area contributed by atoms with Crippen molar-refractivity contribution in [1.82, 2.24) is 9.69 Å². The average Bonchev–Trinajstić information content (AvgIpc) is 3.17. The quantitative estimate of drug-likeness (QED) is 0.842. The molecule has 2 atom stereocenters. The van der Waals surface area contributed by atoms with E-state index in [0.717, 1.165) is 16.0 Å². The summed E-state index contributed by atoms with van der Waals surface area (Å²) in [5, 5.41) is 3.10. The summed E-state index contributed by atoms with van der Waals surface area (Å²) in [4.78, 5) is 14.2. The van der Waals surface area contributed by atoms with Crippen LogP contribution in [0, 0.1) is 6.92 Å². The van der Waals surface area contributed by atoms with Crippen molar-refractivity contribution in [3.63, 3.8) is 0 Å². The largest absolute Gasteiger partial charge is 0.383 e. The van der Waals surface area contributed by atoms with Gasteiger partial charge in [0.05, 0.1) is 6.61 Å². The van der Waals surface area contributed by atoms with Crippen molar-refractivity contribution < 1.29 is 9.53 Å². The summed E-state index contributed by atoms with van der Waals surface area (Å²) in [6.45, 7) is 4.51. The Morgan fingerprint density at radius 2 is 2.12 bits per heavy atom. The number of allylic oxidation sites excluding steroid dienone is 3. The van der Waals surface area contributed by atoms with E-state index in [9.17, 15) is 4.79 Å². The standard InChI is InChI=1S/C21H24N2O2S/c1-15-6-8-17(9-7-15)18-5-4-11-21(13-18,19-10-12-22-26-19)20(24)23-16(2)14-25-3/h4-12,16H,13-14H2,1-3H3,(H,23,24).